The van der Waals surface area contributed by atoms with E-state index in [-0.39, 0.29) is 16.9 Å². The Morgan fingerprint density at radius 2 is 1.82 bits per heavy atom. The van der Waals surface area contributed by atoms with Crippen molar-refractivity contribution in [1.29, 1.82) is 0 Å². The van der Waals surface area contributed by atoms with Gasteiger partial charge in [0.2, 0.25) is 0 Å². The van der Waals surface area contributed by atoms with Crippen LogP contribution >= 0.6 is 15.9 Å². The van der Waals surface area contributed by atoms with Crippen LogP contribution in [0.25, 0.3) is 6.08 Å². The molecule has 0 aliphatic rings. The predicted octanol–water partition coefficient (Wildman–Crippen LogP) is 5.08. The molecule has 168 valence electrons. The number of anilines is 1. The van der Waals surface area contributed by atoms with Gasteiger partial charge in [-0.1, -0.05) is 40.2 Å². The maximum absolute atomic E-state index is 13.1. The summed E-state index contributed by atoms with van der Waals surface area (Å²) in [5.41, 5.74) is 1.84. The van der Waals surface area contributed by atoms with Crippen molar-refractivity contribution in [1.82, 2.24) is 5.32 Å². The number of non-ortho nitro benzene ring substituents is 1. The molecule has 0 unspecified atom stereocenters. The average molecular weight is 510 g/mol. The minimum absolute atomic E-state index is 0.0935. The molecule has 0 saturated heterocycles. The number of carbonyl (C=O) groups excluding carboxylic acids is 2. The first-order valence-electron chi connectivity index (χ1n) is 9.76. The van der Waals surface area contributed by atoms with Gasteiger partial charge in [0.15, 0.2) is 0 Å². The molecule has 3 aromatic carbocycles. The molecule has 0 radical (unpaired) electrons. The number of aryl methyl sites for hydroxylation is 1. The maximum atomic E-state index is 13.1. The number of amides is 2. The molecule has 9 heteroatoms. The first kappa shape index (κ1) is 23.7. The number of methoxy groups -OCH3 is 1. The van der Waals surface area contributed by atoms with Crippen LogP contribution in [0, 0.1) is 17.0 Å². The molecule has 3 rings (SSSR count). The molecule has 0 spiro atoms. The number of hydrogen-bond acceptors (Lipinski definition) is 5. The van der Waals surface area contributed by atoms with Gasteiger partial charge >= 0.3 is 0 Å². The Bertz CT molecular complexity index is 1260. The zero-order valence-electron chi connectivity index (χ0n) is 17.8. The number of rotatable bonds is 7. The molecule has 0 heterocycles. The van der Waals surface area contributed by atoms with Crippen molar-refractivity contribution in [3.8, 4) is 5.75 Å². The second kappa shape index (κ2) is 10.6. The summed E-state index contributed by atoms with van der Waals surface area (Å²) in [5, 5.41) is 16.5. The topological polar surface area (TPSA) is 111 Å². The van der Waals surface area contributed by atoms with Gasteiger partial charge in [-0.25, -0.2) is 0 Å². The first-order valence-corrected chi connectivity index (χ1v) is 10.5. The summed E-state index contributed by atoms with van der Waals surface area (Å²) in [7, 11) is 1.43. The summed E-state index contributed by atoms with van der Waals surface area (Å²) in [5.74, 6) is -0.844. The Hall–Kier alpha value is -3.98. The SMILES string of the molecule is COc1ccc(Br)cc1C(=O)NC(=Cc1cccc([N+](=O)[O-])c1)C(=O)Nc1cccc(C)c1. The maximum Gasteiger partial charge on any atom is 0.272 e. The van der Waals surface area contributed by atoms with Crippen LogP contribution in [0.5, 0.6) is 5.75 Å². The fourth-order valence-corrected chi connectivity index (χ4v) is 3.38. The number of ether oxygens (including phenoxy) is 1. The Balaban J connectivity index is 1.98. The van der Waals surface area contributed by atoms with E-state index >= 15 is 0 Å². The van der Waals surface area contributed by atoms with E-state index in [1.807, 2.05) is 13.0 Å². The van der Waals surface area contributed by atoms with Crippen LogP contribution in [0.4, 0.5) is 11.4 Å². The molecule has 8 nitrogen and oxygen atoms in total. The fourth-order valence-electron chi connectivity index (χ4n) is 3.02. The van der Waals surface area contributed by atoms with E-state index in [4.69, 9.17) is 4.74 Å². The molecule has 2 N–H and O–H groups in total. The summed E-state index contributed by atoms with van der Waals surface area (Å²) in [4.78, 5) is 36.7. The quantitative estimate of drug-likeness (QED) is 0.262. The first-order chi connectivity index (χ1) is 15.8. The van der Waals surface area contributed by atoms with Crippen LogP contribution in [0.2, 0.25) is 0 Å². The van der Waals surface area contributed by atoms with Gasteiger partial charge in [0, 0.05) is 22.3 Å². The van der Waals surface area contributed by atoms with Crippen LogP contribution in [-0.2, 0) is 4.79 Å². The lowest BCUT2D eigenvalue weighted by molar-refractivity contribution is -0.384. The molecular weight excluding hydrogens is 490 g/mol. The van der Waals surface area contributed by atoms with E-state index in [9.17, 15) is 19.7 Å². The number of nitro groups is 1. The van der Waals surface area contributed by atoms with E-state index < -0.39 is 16.7 Å². The van der Waals surface area contributed by atoms with Gasteiger partial charge in [-0.05, 0) is 54.5 Å². The van der Waals surface area contributed by atoms with Gasteiger partial charge in [-0.15, -0.1) is 0 Å². The van der Waals surface area contributed by atoms with Crippen LogP contribution in [-0.4, -0.2) is 23.8 Å². The normalized spacial score (nSPS) is 10.9. The molecule has 0 aromatic heterocycles. The molecule has 33 heavy (non-hydrogen) atoms. The van der Waals surface area contributed by atoms with E-state index in [1.165, 1.54) is 31.4 Å². The molecule has 0 aliphatic heterocycles. The van der Waals surface area contributed by atoms with Gasteiger partial charge in [0.1, 0.15) is 11.4 Å². The summed E-state index contributed by atoms with van der Waals surface area (Å²) >= 11 is 3.32. The number of nitrogens with zero attached hydrogens (tertiary/aromatic N) is 1. The molecule has 0 fully saturated rings. The van der Waals surface area contributed by atoms with Gasteiger partial charge in [-0.3, -0.25) is 19.7 Å². The predicted molar refractivity (Wildman–Crippen MR) is 129 cm³/mol. The van der Waals surface area contributed by atoms with Crippen molar-refractivity contribution in [2.45, 2.75) is 6.92 Å². The number of hydrogen-bond donors (Lipinski definition) is 2. The van der Waals surface area contributed by atoms with Gasteiger partial charge in [-0.2, -0.15) is 0 Å². The fraction of sp³-hybridized carbons (Fsp3) is 0.0833. The van der Waals surface area contributed by atoms with Crippen molar-refractivity contribution in [3.63, 3.8) is 0 Å². The van der Waals surface area contributed by atoms with Crippen molar-refractivity contribution >= 4 is 45.2 Å². The van der Waals surface area contributed by atoms with Crippen molar-refractivity contribution in [2.24, 2.45) is 0 Å². The Kier molecular flexibility index (Phi) is 7.57. The number of halogens is 1. The average Bonchev–Trinajstić information content (AvgIpc) is 2.78. The second-order valence-electron chi connectivity index (χ2n) is 7.03. The molecule has 3 aromatic rings. The van der Waals surface area contributed by atoms with Crippen LogP contribution in [0.15, 0.2) is 76.9 Å². The highest BCUT2D eigenvalue weighted by atomic mass is 79.9. The molecule has 0 atom stereocenters. The van der Waals surface area contributed by atoms with Crippen LogP contribution in [0.3, 0.4) is 0 Å². The largest absolute Gasteiger partial charge is 0.496 e. The summed E-state index contributed by atoms with van der Waals surface area (Å²) in [6.45, 7) is 1.89. The summed E-state index contributed by atoms with van der Waals surface area (Å²) < 4.78 is 5.91. The Morgan fingerprint density at radius 3 is 2.52 bits per heavy atom. The molecule has 0 aliphatic carbocycles. The zero-order chi connectivity index (χ0) is 24.0. The van der Waals surface area contributed by atoms with Gasteiger partial charge < -0.3 is 15.4 Å². The van der Waals surface area contributed by atoms with E-state index in [0.717, 1.165) is 5.56 Å². The zero-order valence-corrected chi connectivity index (χ0v) is 19.4. The highest BCUT2D eigenvalue weighted by Crippen LogP contribution is 2.24. The lowest BCUT2D eigenvalue weighted by Crippen LogP contribution is -2.31. The number of benzene rings is 3. The standard InChI is InChI=1S/C24H20BrN3O5/c1-15-5-3-7-18(11-15)26-24(30)21(13-16-6-4-8-19(12-16)28(31)32)27-23(29)20-14-17(25)9-10-22(20)33-2/h3-14H,1-2H3,(H,26,30)(H,27,29). The lowest BCUT2D eigenvalue weighted by Gasteiger charge is -2.13. The summed E-state index contributed by atoms with van der Waals surface area (Å²) in [6, 6.07) is 17.8. The van der Waals surface area contributed by atoms with Crippen molar-refractivity contribution < 1.29 is 19.2 Å². The van der Waals surface area contributed by atoms with E-state index in [2.05, 4.69) is 26.6 Å². The van der Waals surface area contributed by atoms with Gasteiger partial charge in [0.25, 0.3) is 17.5 Å². The monoisotopic (exact) mass is 509 g/mol. The number of nitrogens with one attached hydrogen (secondary N) is 2. The van der Waals surface area contributed by atoms with Crippen LogP contribution < -0.4 is 15.4 Å². The van der Waals surface area contributed by atoms with Crippen LogP contribution in [0.1, 0.15) is 21.5 Å². The lowest BCUT2D eigenvalue weighted by atomic mass is 10.1. The highest BCUT2D eigenvalue weighted by Gasteiger charge is 2.19. The second-order valence-corrected chi connectivity index (χ2v) is 7.95. The molecule has 0 bridgehead atoms. The third-order valence-corrected chi connectivity index (χ3v) is 5.06. The van der Waals surface area contributed by atoms with E-state index in [0.29, 0.717) is 21.5 Å². The van der Waals surface area contributed by atoms with Gasteiger partial charge in [0.05, 0.1) is 17.6 Å². The molecular formula is C24H20BrN3O5. The van der Waals surface area contributed by atoms with Crippen molar-refractivity contribution in [2.75, 3.05) is 12.4 Å². The van der Waals surface area contributed by atoms with E-state index in [1.54, 1.807) is 42.5 Å². The minimum atomic E-state index is -0.589. The molecule has 0 saturated carbocycles. The third-order valence-electron chi connectivity index (χ3n) is 4.57. The number of nitro benzene ring substituents is 1. The minimum Gasteiger partial charge on any atom is -0.496 e. The van der Waals surface area contributed by atoms with Crippen molar-refractivity contribution in [3.05, 3.63) is 104 Å². The molecule has 2 amide bonds. The Morgan fingerprint density at radius 1 is 1.06 bits per heavy atom. The Labute approximate surface area is 198 Å². The summed E-state index contributed by atoms with van der Waals surface area (Å²) in [6.07, 6.45) is 1.38. The smallest absolute Gasteiger partial charge is 0.272 e. The highest BCUT2D eigenvalue weighted by molar-refractivity contribution is 9.10. The third kappa shape index (κ3) is 6.27. The number of carbonyl (C=O) groups is 2.